The van der Waals surface area contributed by atoms with Gasteiger partial charge in [-0.3, -0.25) is 14.4 Å². The average Bonchev–Trinajstić information content (AvgIpc) is 2.85. The molecule has 1 saturated carbocycles. The van der Waals surface area contributed by atoms with Crippen LogP contribution in [0.15, 0.2) is 48.5 Å². The Bertz CT molecular complexity index is 1220. The van der Waals surface area contributed by atoms with Gasteiger partial charge in [-0.1, -0.05) is 59.7 Å². The smallest absolute Gasteiger partial charge is 0.408 e. The second kappa shape index (κ2) is 14.8. The Labute approximate surface area is 249 Å². The third-order valence-electron chi connectivity index (χ3n) is 7.01. The molecule has 2 atom stereocenters. The first-order valence-corrected chi connectivity index (χ1v) is 14.7. The van der Waals surface area contributed by atoms with Crippen LogP contribution in [-0.2, 0) is 30.3 Å². The predicted molar refractivity (Wildman–Crippen MR) is 161 cm³/mol. The molecule has 0 radical (unpaired) electrons. The van der Waals surface area contributed by atoms with Gasteiger partial charge in [0.1, 0.15) is 17.7 Å². The number of rotatable bonds is 12. The van der Waals surface area contributed by atoms with Gasteiger partial charge in [-0.25, -0.2) is 4.79 Å². The molecule has 2 aromatic rings. The zero-order valence-electron chi connectivity index (χ0n) is 25.7. The van der Waals surface area contributed by atoms with E-state index in [1.54, 1.807) is 32.6 Å². The van der Waals surface area contributed by atoms with Gasteiger partial charge in [-0.05, 0) is 71.9 Å². The van der Waals surface area contributed by atoms with Gasteiger partial charge < -0.3 is 25.0 Å². The lowest BCUT2D eigenvalue weighted by Crippen LogP contribution is -2.58. The maximum absolute atomic E-state index is 14.5. The third kappa shape index (κ3) is 9.60. The Hall–Kier alpha value is -3.88. The molecular formula is C33H45N3O6. The summed E-state index contributed by atoms with van der Waals surface area (Å²) >= 11 is 0. The van der Waals surface area contributed by atoms with Gasteiger partial charge in [0.25, 0.3) is 0 Å². The molecule has 0 saturated heterocycles. The van der Waals surface area contributed by atoms with Crippen LogP contribution in [0.25, 0.3) is 0 Å². The Morgan fingerprint density at radius 2 is 1.64 bits per heavy atom. The largest absolute Gasteiger partial charge is 0.466 e. The highest BCUT2D eigenvalue weighted by Gasteiger charge is 2.42. The lowest BCUT2D eigenvalue weighted by Gasteiger charge is -2.43. The van der Waals surface area contributed by atoms with Crippen molar-refractivity contribution in [2.45, 2.75) is 97.4 Å². The van der Waals surface area contributed by atoms with Crippen LogP contribution in [0, 0.1) is 13.8 Å². The van der Waals surface area contributed by atoms with E-state index < -0.39 is 29.7 Å². The van der Waals surface area contributed by atoms with Crippen LogP contribution in [0.4, 0.5) is 4.79 Å². The number of alkyl carbamates (subject to hydrolysis) is 1. The first kappa shape index (κ1) is 32.6. The maximum Gasteiger partial charge on any atom is 0.408 e. The lowest BCUT2D eigenvalue weighted by molar-refractivity contribution is -0.148. The van der Waals surface area contributed by atoms with Crippen molar-refractivity contribution in [1.82, 2.24) is 15.5 Å². The van der Waals surface area contributed by atoms with Crippen LogP contribution in [0.5, 0.6) is 0 Å². The molecule has 1 aliphatic carbocycles. The van der Waals surface area contributed by atoms with E-state index in [0.717, 1.165) is 36.0 Å². The van der Waals surface area contributed by atoms with Crippen LogP contribution >= 0.6 is 0 Å². The van der Waals surface area contributed by atoms with E-state index >= 15 is 0 Å². The summed E-state index contributed by atoms with van der Waals surface area (Å²) in [6.45, 7) is 11.2. The molecule has 9 heteroatoms. The normalized spacial score (nSPS) is 14.6. The molecular weight excluding hydrogens is 534 g/mol. The fourth-order valence-corrected chi connectivity index (χ4v) is 5.09. The Morgan fingerprint density at radius 3 is 2.19 bits per heavy atom. The van der Waals surface area contributed by atoms with Gasteiger partial charge in [0.15, 0.2) is 0 Å². The Balaban J connectivity index is 2.01. The zero-order chi connectivity index (χ0) is 30.9. The van der Waals surface area contributed by atoms with Crippen LogP contribution in [-0.4, -0.2) is 59.6 Å². The average molecular weight is 580 g/mol. The van der Waals surface area contributed by atoms with Crippen molar-refractivity contribution in [3.63, 3.8) is 0 Å². The van der Waals surface area contributed by atoms with E-state index in [-0.39, 0.29) is 43.8 Å². The second-order valence-electron chi connectivity index (χ2n) is 11.9. The molecule has 9 nitrogen and oxygen atoms in total. The first-order chi connectivity index (χ1) is 19.9. The van der Waals surface area contributed by atoms with E-state index in [0.29, 0.717) is 5.56 Å². The Morgan fingerprint density at radius 1 is 1.00 bits per heavy atom. The van der Waals surface area contributed by atoms with Gasteiger partial charge in [0, 0.05) is 19.0 Å². The van der Waals surface area contributed by atoms with E-state index in [1.807, 2.05) is 62.4 Å². The van der Waals surface area contributed by atoms with Crippen LogP contribution < -0.4 is 10.6 Å². The molecule has 2 unspecified atom stereocenters. The molecule has 0 aromatic heterocycles. The van der Waals surface area contributed by atoms with Crippen LogP contribution in [0.1, 0.15) is 81.7 Å². The standard InChI is InChI=1S/C33H45N3O6/c1-7-41-28(37)16-17-34-30(38)29(25-19-22(2)18-23(3)20-25)36(26-14-11-15-26)31(39)27(21-24-12-9-8-10-13-24)35-32(40)42-33(4,5)6/h8-10,12-13,18-20,26-27,29H,7,11,14-17,21H2,1-6H3,(H,34,38)(H,35,40). The van der Waals surface area contributed by atoms with E-state index in [1.165, 1.54) is 0 Å². The number of benzene rings is 2. The Kier molecular flexibility index (Phi) is 11.5. The third-order valence-corrected chi connectivity index (χ3v) is 7.01. The van der Waals surface area contributed by atoms with Crippen molar-refractivity contribution in [3.05, 3.63) is 70.8 Å². The molecule has 0 spiro atoms. The first-order valence-electron chi connectivity index (χ1n) is 14.7. The number of hydrogen-bond donors (Lipinski definition) is 2. The highest BCUT2D eigenvalue weighted by molar-refractivity contribution is 5.93. The summed E-state index contributed by atoms with van der Waals surface area (Å²) in [5, 5.41) is 5.66. The fraction of sp³-hybridized carbons (Fsp3) is 0.515. The van der Waals surface area contributed by atoms with Crippen molar-refractivity contribution < 1.29 is 28.7 Å². The summed E-state index contributed by atoms with van der Waals surface area (Å²) in [5.41, 5.74) is 2.71. The highest BCUT2D eigenvalue weighted by Crippen LogP contribution is 2.34. The number of ether oxygens (including phenoxy) is 2. The molecule has 0 aliphatic heterocycles. The number of aryl methyl sites for hydroxylation is 2. The molecule has 1 aliphatic rings. The SMILES string of the molecule is CCOC(=O)CCNC(=O)C(c1cc(C)cc(C)c1)N(C(=O)C(Cc1ccccc1)NC(=O)OC(C)(C)C)C1CCC1. The van der Waals surface area contributed by atoms with Crippen LogP contribution in [0.2, 0.25) is 0 Å². The fourth-order valence-electron chi connectivity index (χ4n) is 5.09. The number of carbonyl (C=O) groups is 4. The van der Waals surface area contributed by atoms with E-state index in [9.17, 15) is 19.2 Å². The summed E-state index contributed by atoms with van der Waals surface area (Å²) in [4.78, 5) is 55.0. The van der Waals surface area contributed by atoms with E-state index in [4.69, 9.17) is 9.47 Å². The second-order valence-corrected chi connectivity index (χ2v) is 11.9. The molecule has 0 bridgehead atoms. The maximum atomic E-state index is 14.5. The summed E-state index contributed by atoms with van der Waals surface area (Å²) in [5.74, 6) is -1.16. The minimum absolute atomic E-state index is 0.0212. The summed E-state index contributed by atoms with van der Waals surface area (Å²) in [6, 6.07) is 13.2. The number of amides is 3. The molecule has 3 amide bonds. The molecule has 0 heterocycles. The minimum Gasteiger partial charge on any atom is -0.466 e. The topological polar surface area (TPSA) is 114 Å². The minimum atomic E-state index is -0.969. The number of carbonyl (C=O) groups excluding carboxylic acids is 4. The van der Waals surface area contributed by atoms with Crippen molar-refractivity contribution in [2.75, 3.05) is 13.2 Å². The predicted octanol–water partition coefficient (Wildman–Crippen LogP) is 4.93. The van der Waals surface area contributed by atoms with Gasteiger partial charge >= 0.3 is 12.1 Å². The highest BCUT2D eigenvalue weighted by atomic mass is 16.6. The summed E-state index contributed by atoms with van der Waals surface area (Å²) < 4.78 is 10.5. The summed E-state index contributed by atoms with van der Waals surface area (Å²) in [7, 11) is 0. The van der Waals surface area contributed by atoms with E-state index in [2.05, 4.69) is 10.6 Å². The number of esters is 1. The number of hydrogen-bond acceptors (Lipinski definition) is 6. The molecule has 42 heavy (non-hydrogen) atoms. The van der Waals surface area contributed by atoms with Gasteiger partial charge in [0.2, 0.25) is 11.8 Å². The number of nitrogens with one attached hydrogen (secondary N) is 2. The molecule has 2 aromatic carbocycles. The van der Waals surface area contributed by atoms with Crippen molar-refractivity contribution in [2.24, 2.45) is 0 Å². The van der Waals surface area contributed by atoms with Crippen molar-refractivity contribution in [1.29, 1.82) is 0 Å². The van der Waals surface area contributed by atoms with Gasteiger partial charge in [-0.2, -0.15) is 0 Å². The van der Waals surface area contributed by atoms with Crippen LogP contribution in [0.3, 0.4) is 0 Å². The molecule has 2 N–H and O–H groups in total. The molecule has 1 fully saturated rings. The summed E-state index contributed by atoms with van der Waals surface area (Å²) in [6.07, 6.45) is 1.97. The quantitative estimate of drug-likeness (QED) is 0.345. The van der Waals surface area contributed by atoms with Crippen molar-refractivity contribution in [3.8, 4) is 0 Å². The molecule has 228 valence electrons. The lowest BCUT2D eigenvalue weighted by atomic mass is 9.87. The van der Waals surface area contributed by atoms with Crippen molar-refractivity contribution >= 4 is 23.9 Å². The zero-order valence-corrected chi connectivity index (χ0v) is 25.7. The monoisotopic (exact) mass is 579 g/mol. The molecule has 3 rings (SSSR count). The van der Waals surface area contributed by atoms with Gasteiger partial charge in [0.05, 0.1) is 13.0 Å². The number of nitrogens with zero attached hydrogens (tertiary/aromatic N) is 1. The van der Waals surface area contributed by atoms with Gasteiger partial charge in [-0.15, -0.1) is 0 Å².